The summed E-state index contributed by atoms with van der Waals surface area (Å²) < 4.78 is 2.05. The number of rotatable bonds is 3. The fourth-order valence-corrected chi connectivity index (χ4v) is 4.73. The molecular weight excluding hydrogens is 314 g/mol. The zero-order chi connectivity index (χ0) is 17.4. The van der Waals surface area contributed by atoms with E-state index >= 15 is 0 Å². The van der Waals surface area contributed by atoms with Crippen molar-refractivity contribution in [2.45, 2.75) is 57.5 Å². The van der Waals surface area contributed by atoms with E-state index in [0.29, 0.717) is 12.6 Å². The van der Waals surface area contributed by atoms with Crippen LogP contribution in [-0.2, 0) is 26.4 Å². The van der Waals surface area contributed by atoms with E-state index in [4.69, 9.17) is 5.10 Å². The number of fused-ring (bicyclic) bond motifs is 1. The molecule has 1 aromatic heterocycles. The minimum Gasteiger partial charge on any atom is -0.322 e. The second-order valence-corrected chi connectivity index (χ2v) is 7.99. The Hall–Kier alpha value is -1.56. The van der Waals surface area contributed by atoms with Crippen LogP contribution >= 0.6 is 0 Å². The van der Waals surface area contributed by atoms with Crippen LogP contribution in [0.25, 0.3) is 0 Å². The van der Waals surface area contributed by atoms with Crippen LogP contribution in [-0.4, -0.2) is 69.8 Å². The molecule has 4 rings (SSSR count). The van der Waals surface area contributed by atoms with Crippen LogP contribution in [0.3, 0.4) is 0 Å². The van der Waals surface area contributed by atoms with Crippen molar-refractivity contribution in [1.82, 2.24) is 24.5 Å². The molecule has 0 N–H and O–H groups in total. The van der Waals surface area contributed by atoms with E-state index in [1.165, 1.54) is 30.5 Å². The molecule has 1 saturated carbocycles. The number of aromatic nitrogens is 2. The number of aryl methyl sites for hydroxylation is 1. The second-order valence-electron chi connectivity index (χ2n) is 7.99. The van der Waals surface area contributed by atoms with Gasteiger partial charge in [0.2, 0.25) is 0 Å². The quantitative estimate of drug-likeness (QED) is 0.842. The van der Waals surface area contributed by atoms with Crippen molar-refractivity contribution in [3.05, 3.63) is 17.0 Å². The molecule has 3 aliphatic rings. The Morgan fingerprint density at radius 1 is 1.08 bits per heavy atom. The number of carbonyl (C=O) groups is 1. The summed E-state index contributed by atoms with van der Waals surface area (Å²) in [6, 6.07) is 0.628. The Labute approximate surface area is 150 Å². The lowest BCUT2D eigenvalue weighted by molar-refractivity contribution is 0.105. The van der Waals surface area contributed by atoms with Gasteiger partial charge in [-0.2, -0.15) is 5.10 Å². The summed E-state index contributed by atoms with van der Waals surface area (Å²) in [6.07, 6.45) is 8.27. The number of hydrogen-bond donors (Lipinski definition) is 0. The van der Waals surface area contributed by atoms with E-state index in [1.807, 2.05) is 4.68 Å². The monoisotopic (exact) mass is 345 g/mol. The summed E-state index contributed by atoms with van der Waals surface area (Å²) in [5.74, 6) is 0. The number of piperazine rings is 1. The summed E-state index contributed by atoms with van der Waals surface area (Å²) in [5.41, 5.74) is 3.94. The van der Waals surface area contributed by atoms with Gasteiger partial charge in [-0.05, 0) is 44.7 Å². The average molecular weight is 345 g/mol. The van der Waals surface area contributed by atoms with Crippen molar-refractivity contribution in [3.8, 4) is 0 Å². The van der Waals surface area contributed by atoms with Gasteiger partial charge in [-0.1, -0.05) is 12.8 Å². The predicted molar refractivity (Wildman–Crippen MR) is 97.5 cm³/mol. The molecule has 138 valence electrons. The topological polar surface area (TPSA) is 44.6 Å². The molecule has 0 radical (unpaired) electrons. The van der Waals surface area contributed by atoms with Crippen molar-refractivity contribution >= 4 is 6.03 Å². The lowest BCUT2D eigenvalue weighted by atomic mass is 10.1. The van der Waals surface area contributed by atoms with Crippen LogP contribution in [0.15, 0.2) is 0 Å². The Morgan fingerprint density at radius 3 is 2.52 bits per heavy atom. The van der Waals surface area contributed by atoms with Gasteiger partial charge in [-0.15, -0.1) is 0 Å². The van der Waals surface area contributed by atoms with Gasteiger partial charge < -0.3 is 14.7 Å². The van der Waals surface area contributed by atoms with Crippen molar-refractivity contribution < 1.29 is 4.79 Å². The van der Waals surface area contributed by atoms with Crippen LogP contribution < -0.4 is 0 Å². The van der Waals surface area contributed by atoms with Gasteiger partial charge in [0.05, 0.1) is 12.2 Å². The maximum atomic E-state index is 13.3. The molecule has 25 heavy (non-hydrogen) atoms. The molecule has 2 heterocycles. The van der Waals surface area contributed by atoms with Gasteiger partial charge in [0.15, 0.2) is 0 Å². The van der Waals surface area contributed by atoms with Crippen LogP contribution in [0.4, 0.5) is 4.79 Å². The molecule has 1 saturated heterocycles. The number of urea groups is 1. The smallest absolute Gasteiger partial charge is 0.320 e. The number of carbonyl (C=O) groups excluding carboxylic acids is 1. The molecule has 0 spiro atoms. The lowest BCUT2D eigenvalue weighted by Crippen LogP contribution is -2.53. The number of amides is 2. The normalized spacial score (nSPS) is 21.8. The van der Waals surface area contributed by atoms with E-state index in [2.05, 4.69) is 28.8 Å². The minimum absolute atomic E-state index is 0.234. The van der Waals surface area contributed by atoms with E-state index < -0.39 is 0 Å². The number of hydrogen-bond acceptors (Lipinski definition) is 3. The molecule has 0 atom stereocenters. The van der Waals surface area contributed by atoms with Gasteiger partial charge >= 0.3 is 6.03 Å². The SMILES string of the molecule is CN1CCN(C(=O)N(Cc2nn(C)c3c2CCC3)C2CCCC2)CC1. The lowest BCUT2D eigenvalue weighted by Gasteiger charge is -2.38. The first kappa shape index (κ1) is 16.9. The highest BCUT2D eigenvalue weighted by Crippen LogP contribution is 2.30. The number of nitrogens with zero attached hydrogens (tertiary/aromatic N) is 5. The molecule has 2 amide bonds. The van der Waals surface area contributed by atoms with Crippen LogP contribution in [0, 0.1) is 0 Å². The first-order valence-electron chi connectivity index (χ1n) is 9.91. The maximum absolute atomic E-state index is 13.3. The molecule has 6 heteroatoms. The Balaban J connectivity index is 1.54. The highest BCUT2D eigenvalue weighted by Gasteiger charge is 2.33. The molecule has 1 aliphatic heterocycles. The highest BCUT2D eigenvalue weighted by molar-refractivity contribution is 5.75. The van der Waals surface area contributed by atoms with E-state index in [1.54, 1.807) is 0 Å². The average Bonchev–Trinajstić information content (AvgIpc) is 3.33. The molecule has 2 aliphatic carbocycles. The van der Waals surface area contributed by atoms with Crippen molar-refractivity contribution in [3.63, 3.8) is 0 Å². The molecule has 0 unspecified atom stereocenters. The van der Waals surface area contributed by atoms with Crippen molar-refractivity contribution in [1.29, 1.82) is 0 Å². The molecule has 6 nitrogen and oxygen atoms in total. The zero-order valence-corrected chi connectivity index (χ0v) is 15.7. The minimum atomic E-state index is 0.234. The first-order valence-corrected chi connectivity index (χ1v) is 9.91. The maximum Gasteiger partial charge on any atom is 0.320 e. The molecule has 1 aromatic rings. The molecular formula is C19H31N5O. The summed E-state index contributed by atoms with van der Waals surface area (Å²) in [4.78, 5) is 19.8. The Kier molecular flexibility index (Phi) is 4.71. The van der Waals surface area contributed by atoms with Gasteiger partial charge in [-0.3, -0.25) is 4.68 Å². The van der Waals surface area contributed by atoms with Gasteiger partial charge in [0.1, 0.15) is 0 Å². The third kappa shape index (κ3) is 3.28. The predicted octanol–water partition coefficient (Wildman–Crippen LogP) is 2.02. The molecule has 2 fully saturated rings. The molecule has 0 bridgehead atoms. The number of likely N-dealkylation sites (N-methyl/N-ethyl adjacent to an activating group) is 1. The second kappa shape index (κ2) is 6.98. The summed E-state index contributed by atoms with van der Waals surface area (Å²) in [7, 11) is 4.18. The first-order chi connectivity index (χ1) is 12.1. The third-order valence-electron chi connectivity index (χ3n) is 6.30. The van der Waals surface area contributed by atoms with Gasteiger partial charge in [0, 0.05) is 45.0 Å². The highest BCUT2D eigenvalue weighted by atomic mass is 16.2. The van der Waals surface area contributed by atoms with Crippen LogP contribution in [0.1, 0.15) is 49.1 Å². The Bertz CT molecular complexity index is 626. The molecule has 0 aromatic carbocycles. The van der Waals surface area contributed by atoms with Gasteiger partial charge in [-0.25, -0.2) is 4.79 Å². The fraction of sp³-hybridized carbons (Fsp3) is 0.789. The summed E-state index contributed by atoms with van der Waals surface area (Å²) >= 11 is 0. The largest absolute Gasteiger partial charge is 0.322 e. The third-order valence-corrected chi connectivity index (χ3v) is 6.30. The van der Waals surface area contributed by atoms with Crippen molar-refractivity contribution in [2.75, 3.05) is 33.2 Å². The van der Waals surface area contributed by atoms with Gasteiger partial charge in [0.25, 0.3) is 0 Å². The fourth-order valence-electron chi connectivity index (χ4n) is 4.73. The summed E-state index contributed by atoms with van der Waals surface area (Å²) in [6.45, 7) is 4.34. The van der Waals surface area contributed by atoms with Crippen LogP contribution in [0.5, 0.6) is 0 Å². The summed E-state index contributed by atoms with van der Waals surface area (Å²) in [5, 5.41) is 4.78. The Morgan fingerprint density at radius 2 is 1.80 bits per heavy atom. The van der Waals surface area contributed by atoms with E-state index in [0.717, 1.165) is 57.6 Å². The van der Waals surface area contributed by atoms with Crippen LogP contribution in [0.2, 0.25) is 0 Å². The zero-order valence-electron chi connectivity index (χ0n) is 15.7. The standard InChI is InChI=1S/C19H31N5O/c1-21-10-12-23(13-11-21)19(25)24(15-6-3-4-7-15)14-17-16-8-5-9-18(16)22(2)20-17/h15H,3-14H2,1-2H3. The van der Waals surface area contributed by atoms with E-state index in [9.17, 15) is 4.79 Å². The van der Waals surface area contributed by atoms with E-state index in [-0.39, 0.29) is 6.03 Å². The van der Waals surface area contributed by atoms with Crippen molar-refractivity contribution in [2.24, 2.45) is 7.05 Å².